The molecular weight excluding hydrogens is 486 g/mol. The molecule has 2 aliphatic rings. The van der Waals surface area contributed by atoms with Gasteiger partial charge in [0, 0.05) is 32.6 Å². The van der Waals surface area contributed by atoms with E-state index in [1.807, 2.05) is 36.4 Å². The molecule has 1 aromatic heterocycles. The highest BCUT2D eigenvalue weighted by Crippen LogP contribution is 2.34. The Hall–Kier alpha value is -4.21. The van der Waals surface area contributed by atoms with Crippen LogP contribution < -0.4 is 9.64 Å². The van der Waals surface area contributed by atoms with Gasteiger partial charge in [-0.1, -0.05) is 34.6 Å². The van der Waals surface area contributed by atoms with E-state index in [1.165, 1.54) is 4.90 Å². The Morgan fingerprint density at radius 2 is 1.84 bits per heavy atom. The largest absolute Gasteiger partial charge is 0.496 e. The molecule has 10 heteroatoms. The van der Waals surface area contributed by atoms with Gasteiger partial charge in [-0.2, -0.15) is 0 Å². The summed E-state index contributed by atoms with van der Waals surface area (Å²) >= 11 is 0. The zero-order chi connectivity index (χ0) is 26.8. The maximum Gasteiger partial charge on any atom is 0.263 e. The number of hydrogen-bond acceptors (Lipinski definition) is 8. The summed E-state index contributed by atoms with van der Waals surface area (Å²) in [7, 11) is 3.37. The van der Waals surface area contributed by atoms with E-state index in [-0.39, 0.29) is 30.2 Å². The van der Waals surface area contributed by atoms with Gasteiger partial charge in [-0.15, -0.1) is 0 Å². The third-order valence-corrected chi connectivity index (χ3v) is 7.47. The molecule has 0 N–H and O–H groups in total. The molecule has 1 saturated heterocycles. The molecule has 1 fully saturated rings. The third kappa shape index (κ3) is 4.73. The van der Waals surface area contributed by atoms with Crippen LogP contribution in [0.1, 0.15) is 50.5 Å². The number of benzene rings is 2. The number of ether oxygens (including phenoxy) is 1. The van der Waals surface area contributed by atoms with Gasteiger partial charge in [0.1, 0.15) is 17.1 Å². The van der Waals surface area contributed by atoms with Gasteiger partial charge in [0.25, 0.3) is 11.8 Å². The molecule has 2 aromatic carbocycles. The predicted octanol–water partition coefficient (Wildman–Crippen LogP) is 3.10. The first kappa shape index (κ1) is 25.4. The van der Waals surface area contributed by atoms with Crippen LogP contribution in [0.15, 0.2) is 47.1 Å². The van der Waals surface area contributed by atoms with Crippen molar-refractivity contribution < 1.29 is 23.7 Å². The summed E-state index contributed by atoms with van der Waals surface area (Å²) in [6.45, 7) is 3.66. The van der Waals surface area contributed by atoms with Crippen LogP contribution in [-0.2, 0) is 17.8 Å². The van der Waals surface area contributed by atoms with E-state index in [1.54, 1.807) is 32.0 Å². The molecule has 3 amide bonds. The number of aryl methyl sites for hydroxylation is 1. The van der Waals surface area contributed by atoms with Crippen LogP contribution in [0.3, 0.4) is 0 Å². The van der Waals surface area contributed by atoms with Gasteiger partial charge in [0.2, 0.25) is 5.91 Å². The smallest absolute Gasteiger partial charge is 0.263 e. The first-order chi connectivity index (χ1) is 18.4. The van der Waals surface area contributed by atoms with Crippen molar-refractivity contribution in [3.8, 4) is 5.75 Å². The number of carbonyl (C=O) groups is 3. The van der Waals surface area contributed by atoms with Crippen LogP contribution >= 0.6 is 0 Å². The fraction of sp³-hybridized carbons (Fsp3) is 0.393. The molecule has 10 nitrogen and oxygen atoms in total. The van der Waals surface area contributed by atoms with E-state index in [2.05, 4.69) is 15.2 Å². The molecule has 5 rings (SSSR count). The summed E-state index contributed by atoms with van der Waals surface area (Å²) in [4.78, 5) is 44.8. The quantitative estimate of drug-likeness (QED) is 0.420. The molecular formula is C28H31N5O5. The second kappa shape index (κ2) is 10.6. The number of para-hydroxylation sites is 1. The van der Waals surface area contributed by atoms with Crippen molar-refractivity contribution in [3.05, 3.63) is 70.5 Å². The highest BCUT2D eigenvalue weighted by Gasteiger charge is 2.39. The molecule has 0 saturated carbocycles. The molecule has 0 unspecified atom stereocenters. The Morgan fingerprint density at radius 1 is 1.08 bits per heavy atom. The average molecular weight is 518 g/mol. The van der Waals surface area contributed by atoms with E-state index < -0.39 is 0 Å². The lowest BCUT2D eigenvalue weighted by atomic mass is 9.94. The SMILES string of the molecule is COc1ccccc1CCN1C(=O)c2cccc(N3CCC(C(=O)N(C)Cc4nonc4C)CC3)c2C1=O. The number of nitrogens with zero attached hydrogens (tertiary/aromatic N) is 5. The number of imide groups is 1. The molecule has 0 radical (unpaired) electrons. The van der Waals surface area contributed by atoms with Crippen molar-refractivity contribution in [1.29, 1.82) is 0 Å². The maximum absolute atomic E-state index is 13.5. The number of piperidine rings is 1. The van der Waals surface area contributed by atoms with E-state index >= 15 is 0 Å². The van der Waals surface area contributed by atoms with Gasteiger partial charge < -0.3 is 14.5 Å². The molecule has 0 bridgehead atoms. The van der Waals surface area contributed by atoms with Crippen LogP contribution in [0, 0.1) is 12.8 Å². The second-order valence-corrected chi connectivity index (χ2v) is 9.78. The molecule has 198 valence electrons. The Bertz CT molecular complexity index is 1360. The maximum atomic E-state index is 13.5. The number of fused-ring (bicyclic) bond motifs is 1. The molecule has 0 aliphatic carbocycles. The third-order valence-electron chi connectivity index (χ3n) is 7.47. The van der Waals surface area contributed by atoms with E-state index in [0.717, 1.165) is 17.0 Å². The topological polar surface area (TPSA) is 109 Å². The van der Waals surface area contributed by atoms with Crippen LogP contribution in [-0.4, -0.2) is 71.6 Å². The lowest BCUT2D eigenvalue weighted by molar-refractivity contribution is -0.135. The standard InChI is InChI=1S/C28H31N5O5/c1-18-22(30-38-29-18)17-31(2)26(34)20-11-14-32(15-12-20)23-9-6-8-21-25(23)28(36)33(27(21)35)16-13-19-7-4-5-10-24(19)37-3/h4-10,20H,11-17H2,1-3H3. The summed E-state index contributed by atoms with van der Waals surface area (Å²) in [6, 6.07) is 13.0. The number of carbonyl (C=O) groups excluding carboxylic acids is 3. The minimum atomic E-state index is -0.273. The molecule has 2 aliphatic heterocycles. The van der Waals surface area contributed by atoms with E-state index in [0.29, 0.717) is 61.4 Å². The minimum Gasteiger partial charge on any atom is -0.496 e. The van der Waals surface area contributed by atoms with E-state index in [4.69, 9.17) is 9.37 Å². The van der Waals surface area contributed by atoms with Gasteiger partial charge in [-0.25, -0.2) is 4.63 Å². The number of aromatic nitrogens is 2. The Labute approximate surface area is 221 Å². The molecule has 0 atom stereocenters. The molecule has 3 heterocycles. The lowest BCUT2D eigenvalue weighted by Crippen LogP contribution is -2.41. The zero-order valence-electron chi connectivity index (χ0n) is 21.8. The van der Waals surface area contributed by atoms with E-state index in [9.17, 15) is 14.4 Å². The normalized spacial score (nSPS) is 15.7. The van der Waals surface area contributed by atoms with Crippen molar-refractivity contribution in [2.45, 2.75) is 32.7 Å². The van der Waals surface area contributed by atoms with Crippen molar-refractivity contribution in [2.75, 3.05) is 38.7 Å². The number of anilines is 1. The van der Waals surface area contributed by atoms with Crippen LogP contribution in [0.25, 0.3) is 0 Å². The monoisotopic (exact) mass is 517 g/mol. The first-order valence-electron chi connectivity index (χ1n) is 12.8. The van der Waals surface area contributed by atoms with Crippen LogP contribution in [0.4, 0.5) is 5.69 Å². The Kier molecular flexibility index (Phi) is 7.13. The highest BCUT2D eigenvalue weighted by molar-refractivity contribution is 6.23. The molecule has 0 spiro atoms. The zero-order valence-corrected chi connectivity index (χ0v) is 21.8. The second-order valence-electron chi connectivity index (χ2n) is 9.78. The van der Waals surface area contributed by atoms with Gasteiger partial charge >= 0.3 is 0 Å². The number of amides is 3. The summed E-state index contributed by atoms with van der Waals surface area (Å²) in [5.41, 5.74) is 3.91. The minimum absolute atomic E-state index is 0.0547. The van der Waals surface area contributed by atoms with Crippen molar-refractivity contribution >= 4 is 23.4 Å². The lowest BCUT2D eigenvalue weighted by Gasteiger charge is -2.35. The predicted molar refractivity (Wildman–Crippen MR) is 139 cm³/mol. The molecule has 3 aromatic rings. The first-order valence-corrected chi connectivity index (χ1v) is 12.8. The van der Waals surface area contributed by atoms with Crippen molar-refractivity contribution in [3.63, 3.8) is 0 Å². The Morgan fingerprint density at radius 3 is 2.55 bits per heavy atom. The van der Waals surface area contributed by atoms with Crippen LogP contribution in [0.5, 0.6) is 5.75 Å². The highest BCUT2D eigenvalue weighted by atomic mass is 16.6. The van der Waals surface area contributed by atoms with Crippen molar-refractivity contribution in [1.82, 2.24) is 20.1 Å². The fourth-order valence-corrected chi connectivity index (χ4v) is 5.30. The summed E-state index contributed by atoms with van der Waals surface area (Å²) < 4.78 is 10.2. The van der Waals surface area contributed by atoms with Gasteiger partial charge in [0.05, 0.1) is 30.5 Å². The number of hydrogen-bond donors (Lipinski definition) is 0. The fourth-order valence-electron chi connectivity index (χ4n) is 5.30. The van der Waals surface area contributed by atoms with Crippen molar-refractivity contribution in [2.24, 2.45) is 5.92 Å². The Balaban J connectivity index is 1.25. The van der Waals surface area contributed by atoms with Gasteiger partial charge in [-0.3, -0.25) is 19.3 Å². The number of rotatable bonds is 8. The average Bonchev–Trinajstić information content (AvgIpc) is 3.46. The molecule has 38 heavy (non-hydrogen) atoms. The van der Waals surface area contributed by atoms with Gasteiger partial charge in [0.15, 0.2) is 0 Å². The van der Waals surface area contributed by atoms with Crippen LogP contribution in [0.2, 0.25) is 0 Å². The number of methoxy groups -OCH3 is 1. The summed E-state index contributed by atoms with van der Waals surface area (Å²) in [5, 5.41) is 7.64. The summed E-state index contributed by atoms with van der Waals surface area (Å²) in [6.07, 6.45) is 1.82. The summed E-state index contributed by atoms with van der Waals surface area (Å²) in [5.74, 6) is 0.124. The van der Waals surface area contributed by atoms with Gasteiger partial charge in [-0.05, 0) is 49.9 Å².